The molecule has 0 radical (unpaired) electrons. The number of carbonyl (C=O) groups is 1. The number of carboxylic acids is 1. The Balaban J connectivity index is 2.29. The van der Waals surface area contributed by atoms with Gasteiger partial charge in [0.2, 0.25) is 10.0 Å². The third kappa shape index (κ3) is 4.80. The fourth-order valence-electron chi connectivity index (χ4n) is 2.39. The number of aromatic carboxylic acids is 1. The molecule has 0 spiro atoms. The fourth-order valence-corrected chi connectivity index (χ4v) is 3.65. The topological polar surface area (TPSA) is 95.5 Å². The first-order valence-electron chi connectivity index (χ1n) is 8.03. The zero-order valence-corrected chi connectivity index (χ0v) is 15.0. The van der Waals surface area contributed by atoms with Crippen LogP contribution in [0.5, 0.6) is 0 Å². The van der Waals surface area contributed by atoms with Crippen molar-refractivity contribution in [3.8, 4) is 0 Å². The maximum Gasteiger partial charge on any atom is 0.337 e. The van der Waals surface area contributed by atoms with Crippen LogP contribution in [0.25, 0.3) is 0 Å². The minimum absolute atomic E-state index is 0.0660. The van der Waals surface area contributed by atoms with Crippen LogP contribution < -0.4 is 10.0 Å². The molecule has 0 heterocycles. The van der Waals surface area contributed by atoms with Crippen LogP contribution in [-0.4, -0.2) is 26.0 Å². The monoisotopic (exact) mass is 362 g/mol. The van der Waals surface area contributed by atoms with E-state index < -0.39 is 22.0 Å². The van der Waals surface area contributed by atoms with Crippen LogP contribution in [0.3, 0.4) is 0 Å². The summed E-state index contributed by atoms with van der Waals surface area (Å²) in [6.45, 7) is 4.30. The van der Waals surface area contributed by atoms with Crippen LogP contribution in [-0.2, 0) is 10.0 Å². The Morgan fingerprint density at radius 2 is 1.84 bits per heavy atom. The summed E-state index contributed by atoms with van der Waals surface area (Å²) >= 11 is 0. The Morgan fingerprint density at radius 3 is 2.44 bits per heavy atom. The molecular weight excluding hydrogens is 340 g/mol. The summed E-state index contributed by atoms with van der Waals surface area (Å²) in [6, 6.07) is 12.8. The summed E-state index contributed by atoms with van der Waals surface area (Å²) in [5.74, 6) is -1.17. The van der Waals surface area contributed by atoms with Gasteiger partial charge in [0.15, 0.2) is 0 Å². The molecule has 25 heavy (non-hydrogen) atoms. The second-order valence-corrected chi connectivity index (χ2v) is 7.41. The van der Waals surface area contributed by atoms with Crippen molar-refractivity contribution in [2.24, 2.45) is 0 Å². The molecule has 2 aromatic rings. The van der Waals surface area contributed by atoms with Gasteiger partial charge in [-0.3, -0.25) is 0 Å². The van der Waals surface area contributed by atoms with Gasteiger partial charge in [-0.25, -0.2) is 17.9 Å². The van der Waals surface area contributed by atoms with E-state index in [0.717, 1.165) is 12.0 Å². The van der Waals surface area contributed by atoms with Gasteiger partial charge in [0.05, 0.1) is 10.5 Å². The highest BCUT2D eigenvalue weighted by molar-refractivity contribution is 7.89. The standard InChI is InChI=1S/C18H22N2O4S/c1-3-11-19-17-10-9-15(12-16(17)18(21)22)25(23,24)20-13(2)14-7-5-4-6-8-14/h4-10,12-13,19-20H,3,11H2,1-2H3,(H,21,22)/t13-/m0/s1. The highest BCUT2D eigenvalue weighted by Gasteiger charge is 2.21. The van der Waals surface area contributed by atoms with Gasteiger partial charge in [-0.05, 0) is 37.1 Å². The van der Waals surface area contributed by atoms with E-state index in [0.29, 0.717) is 12.2 Å². The Labute approximate surface area is 147 Å². The number of benzene rings is 2. The molecule has 1 atom stereocenters. The molecule has 6 nitrogen and oxygen atoms in total. The van der Waals surface area contributed by atoms with E-state index in [2.05, 4.69) is 10.0 Å². The van der Waals surface area contributed by atoms with Gasteiger partial charge in [-0.2, -0.15) is 0 Å². The first-order chi connectivity index (χ1) is 11.8. The molecule has 0 saturated carbocycles. The molecule has 0 aliphatic rings. The Hall–Kier alpha value is -2.38. The maximum atomic E-state index is 12.6. The third-order valence-corrected chi connectivity index (χ3v) is 5.27. The van der Waals surface area contributed by atoms with Crippen LogP contribution in [0.15, 0.2) is 53.4 Å². The lowest BCUT2D eigenvalue weighted by molar-refractivity contribution is 0.0697. The van der Waals surface area contributed by atoms with E-state index >= 15 is 0 Å². The number of carboxylic acid groups (broad SMARTS) is 1. The van der Waals surface area contributed by atoms with Crippen LogP contribution in [0.2, 0.25) is 0 Å². The number of nitrogens with one attached hydrogen (secondary N) is 2. The highest BCUT2D eigenvalue weighted by Crippen LogP contribution is 2.22. The van der Waals surface area contributed by atoms with Crippen molar-refractivity contribution in [3.63, 3.8) is 0 Å². The maximum absolute atomic E-state index is 12.6. The van der Waals surface area contributed by atoms with E-state index in [4.69, 9.17) is 0 Å². The lowest BCUT2D eigenvalue weighted by Gasteiger charge is -2.16. The summed E-state index contributed by atoms with van der Waals surface area (Å²) in [7, 11) is -3.84. The minimum Gasteiger partial charge on any atom is -0.478 e. The van der Waals surface area contributed by atoms with Crippen molar-refractivity contribution in [3.05, 3.63) is 59.7 Å². The zero-order chi connectivity index (χ0) is 18.4. The first-order valence-corrected chi connectivity index (χ1v) is 9.52. The first kappa shape index (κ1) is 19.0. The van der Waals surface area contributed by atoms with E-state index in [1.54, 1.807) is 6.92 Å². The fraction of sp³-hybridized carbons (Fsp3) is 0.278. The minimum atomic E-state index is -3.84. The quantitative estimate of drug-likeness (QED) is 0.670. The van der Waals surface area contributed by atoms with E-state index in [1.165, 1.54) is 18.2 Å². The van der Waals surface area contributed by atoms with Crippen molar-refractivity contribution in [1.82, 2.24) is 4.72 Å². The Bertz CT molecular complexity index is 835. The highest BCUT2D eigenvalue weighted by atomic mass is 32.2. The predicted molar refractivity (Wildman–Crippen MR) is 97.4 cm³/mol. The van der Waals surface area contributed by atoms with Crippen molar-refractivity contribution in [1.29, 1.82) is 0 Å². The number of rotatable bonds is 8. The number of sulfonamides is 1. The molecule has 0 bridgehead atoms. The molecule has 0 fully saturated rings. The molecule has 7 heteroatoms. The average molecular weight is 362 g/mol. The molecule has 3 N–H and O–H groups in total. The SMILES string of the molecule is CCCNc1ccc(S(=O)(=O)N[C@@H](C)c2ccccc2)cc1C(=O)O. The van der Waals surface area contributed by atoms with Gasteiger partial charge >= 0.3 is 5.97 Å². The van der Waals surface area contributed by atoms with Crippen molar-refractivity contribution >= 4 is 21.7 Å². The lowest BCUT2D eigenvalue weighted by atomic mass is 10.1. The summed E-state index contributed by atoms with van der Waals surface area (Å²) in [5, 5.41) is 12.4. The van der Waals surface area contributed by atoms with Crippen molar-refractivity contribution in [2.45, 2.75) is 31.2 Å². The van der Waals surface area contributed by atoms with Gasteiger partial charge in [0, 0.05) is 18.3 Å². The average Bonchev–Trinajstić information content (AvgIpc) is 2.60. The zero-order valence-electron chi connectivity index (χ0n) is 14.2. The van der Waals surface area contributed by atoms with Gasteiger partial charge < -0.3 is 10.4 Å². The van der Waals surface area contributed by atoms with Gasteiger partial charge in [-0.1, -0.05) is 37.3 Å². The molecular formula is C18H22N2O4S. The van der Waals surface area contributed by atoms with Gasteiger partial charge in [0.1, 0.15) is 0 Å². The molecule has 0 amide bonds. The van der Waals surface area contributed by atoms with Crippen molar-refractivity contribution < 1.29 is 18.3 Å². The Kier molecular flexibility index (Phi) is 6.17. The summed E-state index contributed by atoms with van der Waals surface area (Å²) in [6.07, 6.45) is 0.829. The molecule has 0 aliphatic carbocycles. The Morgan fingerprint density at radius 1 is 1.16 bits per heavy atom. The number of hydrogen-bond acceptors (Lipinski definition) is 4. The predicted octanol–water partition coefficient (Wildman–Crippen LogP) is 3.25. The lowest BCUT2D eigenvalue weighted by Crippen LogP contribution is -2.27. The second kappa shape index (κ2) is 8.13. The van der Waals surface area contributed by atoms with Gasteiger partial charge in [-0.15, -0.1) is 0 Å². The van der Waals surface area contributed by atoms with Crippen LogP contribution in [0.1, 0.15) is 42.2 Å². The third-order valence-electron chi connectivity index (χ3n) is 3.73. The van der Waals surface area contributed by atoms with Crippen LogP contribution >= 0.6 is 0 Å². The van der Waals surface area contributed by atoms with Gasteiger partial charge in [0.25, 0.3) is 0 Å². The molecule has 0 unspecified atom stereocenters. The smallest absolute Gasteiger partial charge is 0.337 e. The van der Waals surface area contributed by atoms with Crippen LogP contribution in [0.4, 0.5) is 5.69 Å². The molecule has 2 rings (SSSR count). The summed E-state index contributed by atoms with van der Waals surface area (Å²) in [4.78, 5) is 11.4. The molecule has 2 aromatic carbocycles. The molecule has 134 valence electrons. The largest absolute Gasteiger partial charge is 0.478 e. The number of anilines is 1. The molecule has 0 aromatic heterocycles. The molecule has 0 aliphatic heterocycles. The second-order valence-electron chi connectivity index (χ2n) is 5.69. The summed E-state index contributed by atoms with van der Waals surface area (Å²) < 4.78 is 27.8. The van der Waals surface area contributed by atoms with Crippen molar-refractivity contribution in [2.75, 3.05) is 11.9 Å². The normalized spacial score (nSPS) is 12.6. The number of hydrogen-bond donors (Lipinski definition) is 3. The van der Waals surface area contributed by atoms with E-state index in [-0.39, 0.29) is 10.5 Å². The molecule has 0 saturated heterocycles. The van der Waals surface area contributed by atoms with Crippen LogP contribution in [0, 0.1) is 0 Å². The van der Waals surface area contributed by atoms with E-state index in [9.17, 15) is 18.3 Å². The summed E-state index contributed by atoms with van der Waals surface area (Å²) in [5.41, 5.74) is 1.17. The van der Waals surface area contributed by atoms with E-state index in [1.807, 2.05) is 37.3 Å².